The van der Waals surface area contributed by atoms with Crippen molar-refractivity contribution in [2.75, 3.05) is 0 Å². The summed E-state index contributed by atoms with van der Waals surface area (Å²) >= 11 is 5.44. The number of fused-ring (bicyclic) bond motifs is 1. The molecule has 158 valence electrons. The van der Waals surface area contributed by atoms with Gasteiger partial charge in [-0.15, -0.1) is 0 Å². The third-order valence-corrected chi connectivity index (χ3v) is 5.54. The molecular weight excluding hydrogens is 431 g/mol. The average molecular weight is 447 g/mol. The third-order valence-electron chi connectivity index (χ3n) is 5.18. The first kappa shape index (κ1) is 21.3. The second-order valence-electron chi connectivity index (χ2n) is 7.30. The van der Waals surface area contributed by atoms with Crippen LogP contribution in [0.1, 0.15) is 18.9 Å². The molecule has 4 aromatic rings. The van der Waals surface area contributed by atoms with Crippen molar-refractivity contribution < 1.29 is 22.0 Å². The van der Waals surface area contributed by atoms with Gasteiger partial charge in [0, 0.05) is 10.9 Å². The Kier molecular flexibility index (Phi) is 5.71. The largest absolute Gasteiger partial charge is 0.206 e. The first-order chi connectivity index (χ1) is 14.8. The van der Waals surface area contributed by atoms with Crippen LogP contribution in [0.4, 0.5) is 22.0 Å². The minimum absolute atomic E-state index is 0.0218. The van der Waals surface area contributed by atoms with Gasteiger partial charge in [-0.05, 0) is 52.8 Å². The van der Waals surface area contributed by atoms with Gasteiger partial charge in [-0.1, -0.05) is 55.3 Å². The zero-order chi connectivity index (χ0) is 22.3. The van der Waals surface area contributed by atoms with Crippen molar-refractivity contribution in [2.45, 2.75) is 19.8 Å². The number of rotatable bonds is 4. The number of aryl methyl sites for hydroxylation is 1. The maximum atomic E-state index is 15.2. The van der Waals surface area contributed by atoms with Crippen LogP contribution >= 0.6 is 11.6 Å². The highest BCUT2D eigenvalue weighted by Gasteiger charge is 2.19. The zero-order valence-corrected chi connectivity index (χ0v) is 17.1. The Hall–Kier alpha value is -2.92. The lowest BCUT2D eigenvalue weighted by Crippen LogP contribution is -1.96. The minimum atomic E-state index is -1.14. The lowest BCUT2D eigenvalue weighted by atomic mass is 9.95. The highest BCUT2D eigenvalue weighted by molar-refractivity contribution is 6.31. The zero-order valence-electron chi connectivity index (χ0n) is 16.4. The minimum Gasteiger partial charge on any atom is -0.206 e. The van der Waals surface area contributed by atoms with Crippen molar-refractivity contribution in [3.05, 3.63) is 94.3 Å². The molecule has 0 radical (unpaired) electrons. The van der Waals surface area contributed by atoms with E-state index in [0.29, 0.717) is 10.8 Å². The summed E-state index contributed by atoms with van der Waals surface area (Å²) in [6.07, 6.45) is 1.82. The molecule has 0 bridgehead atoms. The van der Waals surface area contributed by atoms with E-state index < -0.39 is 39.7 Å². The summed E-state index contributed by atoms with van der Waals surface area (Å²) in [7, 11) is 0. The predicted molar refractivity (Wildman–Crippen MR) is 114 cm³/mol. The fourth-order valence-corrected chi connectivity index (χ4v) is 3.82. The highest BCUT2D eigenvalue weighted by Crippen LogP contribution is 2.36. The Morgan fingerprint density at radius 1 is 0.710 bits per heavy atom. The summed E-state index contributed by atoms with van der Waals surface area (Å²) in [5.74, 6) is -5.02. The first-order valence-electron chi connectivity index (χ1n) is 9.65. The van der Waals surface area contributed by atoms with Crippen molar-refractivity contribution >= 4 is 22.4 Å². The summed E-state index contributed by atoms with van der Waals surface area (Å²) in [6, 6.07) is 11.9. The Morgan fingerprint density at radius 2 is 1.32 bits per heavy atom. The average Bonchev–Trinajstić information content (AvgIpc) is 2.72. The number of benzene rings is 4. The Bertz CT molecular complexity index is 1270. The van der Waals surface area contributed by atoms with Gasteiger partial charge in [-0.25, -0.2) is 22.0 Å². The van der Waals surface area contributed by atoms with E-state index in [1.807, 2.05) is 19.1 Å². The molecule has 0 unspecified atom stereocenters. The summed E-state index contributed by atoms with van der Waals surface area (Å²) in [6.45, 7) is 2.05. The standard InChI is InChI=1S/C25H16ClF5/c1-2-3-13-4-6-17-14(8-13)5-7-18(25(17)31)15-9-19(27)23(20(28)10-15)16-11-21(29)24(26)22(30)12-16/h4-12H,2-3H2,1H3. The number of hydrogen-bond acceptors (Lipinski definition) is 0. The Labute approximate surface area is 180 Å². The molecular formula is C25H16ClF5. The lowest BCUT2D eigenvalue weighted by molar-refractivity contribution is 0.579. The van der Waals surface area contributed by atoms with E-state index in [2.05, 4.69) is 0 Å². The van der Waals surface area contributed by atoms with Gasteiger partial charge in [-0.2, -0.15) is 0 Å². The molecule has 6 heteroatoms. The fraction of sp³-hybridized carbons (Fsp3) is 0.120. The second-order valence-corrected chi connectivity index (χ2v) is 7.68. The molecule has 0 heterocycles. The molecule has 0 spiro atoms. The molecule has 0 aliphatic rings. The Morgan fingerprint density at radius 3 is 1.94 bits per heavy atom. The van der Waals surface area contributed by atoms with Crippen LogP contribution in [0.15, 0.2) is 54.6 Å². The van der Waals surface area contributed by atoms with E-state index in [4.69, 9.17) is 11.6 Å². The van der Waals surface area contributed by atoms with Gasteiger partial charge in [0.25, 0.3) is 0 Å². The van der Waals surface area contributed by atoms with E-state index in [9.17, 15) is 17.6 Å². The fourth-order valence-electron chi connectivity index (χ4n) is 3.71. The first-order valence-corrected chi connectivity index (χ1v) is 10.0. The molecule has 0 nitrogen and oxygen atoms in total. The van der Waals surface area contributed by atoms with Gasteiger partial charge >= 0.3 is 0 Å². The maximum Gasteiger partial charge on any atom is 0.145 e. The van der Waals surface area contributed by atoms with Crippen LogP contribution in [0, 0.1) is 29.1 Å². The van der Waals surface area contributed by atoms with Crippen LogP contribution in [0.25, 0.3) is 33.0 Å². The van der Waals surface area contributed by atoms with E-state index in [0.717, 1.165) is 42.7 Å². The smallest absolute Gasteiger partial charge is 0.145 e. The monoisotopic (exact) mass is 446 g/mol. The van der Waals surface area contributed by atoms with Gasteiger partial charge in [0.2, 0.25) is 0 Å². The van der Waals surface area contributed by atoms with Crippen molar-refractivity contribution in [2.24, 2.45) is 0 Å². The molecule has 0 saturated carbocycles. The van der Waals surface area contributed by atoms with Crippen LogP contribution < -0.4 is 0 Å². The van der Waals surface area contributed by atoms with Crippen LogP contribution in [0.5, 0.6) is 0 Å². The van der Waals surface area contributed by atoms with Crippen LogP contribution in [0.3, 0.4) is 0 Å². The molecule has 0 N–H and O–H groups in total. The summed E-state index contributed by atoms with van der Waals surface area (Å²) in [4.78, 5) is 0. The molecule has 0 fully saturated rings. The molecule has 0 amide bonds. The maximum absolute atomic E-state index is 15.2. The molecule has 0 atom stereocenters. The highest BCUT2D eigenvalue weighted by atomic mass is 35.5. The van der Waals surface area contributed by atoms with Gasteiger partial charge in [0.05, 0.1) is 5.56 Å². The third kappa shape index (κ3) is 3.90. The van der Waals surface area contributed by atoms with Crippen LogP contribution in [0.2, 0.25) is 5.02 Å². The molecule has 0 aromatic heterocycles. The van der Waals surface area contributed by atoms with Gasteiger partial charge in [-0.3, -0.25) is 0 Å². The van der Waals surface area contributed by atoms with Gasteiger partial charge in [0.15, 0.2) is 0 Å². The molecule has 4 aromatic carbocycles. The van der Waals surface area contributed by atoms with Crippen molar-refractivity contribution in [3.8, 4) is 22.3 Å². The van der Waals surface area contributed by atoms with E-state index >= 15 is 4.39 Å². The molecule has 4 rings (SSSR count). The van der Waals surface area contributed by atoms with Crippen LogP contribution in [-0.2, 0) is 6.42 Å². The molecule has 0 saturated heterocycles. The van der Waals surface area contributed by atoms with Crippen molar-refractivity contribution in [1.82, 2.24) is 0 Å². The van der Waals surface area contributed by atoms with Crippen molar-refractivity contribution in [1.29, 1.82) is 0 Å². The lowest BCUT2D eigenvalue weighted by Gasteiger charge is -2.12. The summed E-state index contributed by atoms with van der Waals surface area (Å²) < 4.78 is 72.2. The predicted octanol–water partition coefficient (Wildman–Crippen LogP) is 8.48. The summed E-state index contributed by atoms with van der Waals surface area (Å²) in [5.41, 5.74) is 0.109. The van der Waals surface area contributed by atoms with E-state index in [1.54, 1.807) is 12.1 Å². The normalized spacial score (nSPS) is 11.3. The topological polar surface area (TPSA) is 0 Å². The molecule has 31 heavy (non-hydrogen) atoms. The van der Waals surface area contributed by atoms with Crippen LogP contribution in [-0.4, -0.2) is 0 Å². The molecule has 0 aliphatic carbocycles. The quantitative estimate of drug-likeness (QED) is 0.218. The van der Waals surface area contributed by atoms with E-state index in [-0.39, 0.29) is 16.7 Å². The number of hydrogen-bond donors (Lipinski definition) is 0. The van der Waals surface area contributed by atoms with Gasteiger partial charge < -0.3 is 0 Å². The summed E-state index contributed by atoms with van der Waals surface area (Å²) in [5, 5.41) is 0.266. The van der Waals surface area contributed by atoms with Crippen molar-refractivity contribution in [3.63, 3.8) is 0 Å². The SMILES string of the molecule is CCCc1ccc2c(F)c(-c3cc(F)c(-c4cc(F)c(Cl)c(F)c4)c(F)c3)ccc2c1. The second kappa shape index (κ2) is 8.31. The number of halogens is 6. The van der Waals surface area contributed by atoms with E-state index in [1.165, 1.54) is 6.07 Å². The molecule has 0 aliphatic heterocycles. The van der Waals surface area contributed by atoms with Gasteiger partial charge in [0.1, 0.15) is 34.1 Å². The Balaban J connectivity index is 1.82.